The number of anilines is 1. The van der Waals surface area contributed by atoms with E-state index in [0.717, 1.165) is 0 Å². The van der Waals surface area contributed by atoms with Crippen LogP contribution >= 0.6 is 0 Å². The zero-order valence-electron chi connectivity index (χ0n) is 17.7. The third-order valence-electron chi connectivity index (χ3n) is 5.10. The number of hydrogen-bond donors (Lipinski definition) is 1. The first-order valence-electron chi connectivity index (χ1n) is 10.0. The number of hydrogen-bond acceptors (Lipinski definition) is 6. The normalized spacial score (nSPS) is 11.1. The van der Waals surface area contributed by atoms with Crippen molar-refractivity contribution in [1.82, 2.24) is 14.0 Å². The third-order valence-corrected chi connectivity index (χ3v) is 5.10. The Hall–Kier alpha value is -3.98. The van der Waals surface area contributed by atoms with Gasteiger partial charge in [-0.2, -0.15) is 0 Å². The summed E-state index contributed by atoms with van der Waals surface area (Å²) >= 11 is 0. The molecule has 0 aliphatic rings. The fourth-order valence-corrected chi connectivity index (χ4v) is 3.54. The van der Waals surface area contributed by atoms with Crippen LogP contribution in [0.25, 0.3) is 16.7 Å². The Labute approximate surface area is 183 Å². The molecule has 0 saturated carbocycles. The number of methoxy groups -OCH3 is 2. The summed E-state index contributed by atoms with van der Waals surface area (Å²) in [4.78, 5) is 42.4. The van der Waals surface area contributed by atoms with Gasteiger partial charge in [-0.25, -0.2) is 9.78 Å². The van der Waals surface area contributed by atoms with Gasteiger partial charge >= 0.3 is 5.97 Å². The molecule has 0 bridgehead atoms. The standard InChI is InChI=1S/C23H22N4O5/c1-31-13-5-12-26-18(21(28)24-16-9-7-15(8-10-16)23(30)32-2)14-17-20(26)25-19-6-3-4-11-27(19)22(17)29/h3-4,6-11,14H,5,12-13H2,1-2H3,(H,24,28). The lowest BCUT2D eigenvalue weighted by atomic mass is 10.2. The number of amides is 1. The van der Waals surface area contributed by atoms with Crippen molar-refractivity contribution in [1.29, 1.82) is 0 Å². The average molecular weight is 434 g/mol. The number of aryl methyl sites for hydroxylation is 1. The zero-order valence-corrected chi connectivity index (χ0v) is 17.7. The van der Waals surface area contributed by atoms with Crippen molar-refractivity contribution in [2.75, 3.05) is 26.1 Å². The van der Waals surface area contributed by atoms with Crippen molar-refractivity contribution in [2.24, 2.45) is 0 Å². The Balaban J connectivity index is 1.74. The lowest BCUT2D eigenvalue weighted by molar-refractivity contribution is 0.0600. The first-order valence-corrected chi connectivity index (χ1v) is 10.0. The van der Waals surface area contributed by atoms with E-state index in [1.54, 1.807) is 66.4 Å². The van der Waals surface area contributed by atoms with Crippen LogP contribution in [0, 0.1) is 0 Å². The maximum absolute atomic E-state index is 13.1. The number of ether oxygens (including phenoxy) is 2. The van der Waals surface area contributed by atoms with Crippen molar-refractivity contribution >= 4 is 34.2 Å². The monoisotopic (exact) mass is 434 g/mol. The van der Waals surface area contributed by atoms with Gasteiger partial charge in [-0.1, -0.05) is 6.07 Å². The Morgan fingerprint density at radius 3 is 2.59 bits per heavy atom. The molecular formula is C23H22N4O5. The summed E-state index contributed by atoms with van der Waals surface area (Å²) in [5.41, 5.74) is 1.90. The molecule has 0 atom stereocenters. The van der Waals surface area contributed by atoms with E-state index in [1.807, 2.05) is 0 Å². The summed E-state index contributed by atoms with van der Waals surface area (Å²) in [6.07, 6.45) is 2.29. The van der Waals surface area contributed by atoms with Crippen molar-refractivity contribution in [3.05, 3.63) is 76.3 Å². The molecule has 4 aromatic rings. The number of nitrogens with one attached hydrogen (secondary N) is 1. The average Bonchev–Trinajstić information content (AvgIpc) is 3.18. The van der Waals surface area contributed by atoms with Gasteiger partial charge in [0, 0.05) is 32.1 Å². The van der Waals surface area contributed by atoms with Gasteiger partial charge in [-0.15, -0.1) is 0 Å². The number of nitrogens with zero attached hydrogens (tertiary/aromatic N) is 3. The summed E-state index contributed by atoms with van der Waals surface area (Å²) in [6.45, 7) is 0.957. The fourth-order valence-electron chi connectivity index (χ4n) is 3.54. The highest BCUT2D eigenvalue weighted by molar-refractivity contribution is 6.06. The van der Waals surface area contributed by atoms with E-state index in [0.29, 0.717) is 53.2 Å². The molecule has 0 fully saturated rings. The molecule has 32 heavy (non-hydrogen) atoms. The second-order valence-electron chi connectivity index (χ2n) is 7.13. The zero-order chi connectivity index (χ0) is 22.7. The lowest BCUT2D eigenvalue weighted by Crippen LogP contribution is -2.18. The van der Waals surface area contributed by atoms with Crippen LogP contribution in [0.4, 0.5) is 5.69 Å². The van der Waals surface area contributed by atoms with Crippen LogP contribution in [0.15, 0.2) is 59.5 Å². The van der Waals surface area contributed by atoms with Crippen LogP contribution < -0.4 is 10.9 Å². The molecular weight excluding hydrogens is 412 g/mol. The maximum atomic E-state index is 13.1. The summed E-state index contributed by atoms with van der Waals surface area (Å²) in [5, 5.41) is 3.17. The summed E-state index contributed by atoms with van der Waals surface area (Å²) in [7, 11) is 2.91. The first-order chi connectivity index (χ1) is 15.5. The van der Waals surface area contributed by atoms with Crippen LogP contribution in [0.1, 0.15) is 27.3 Å². The van der Waals surface area contributed by atoms with E-state index in [-0.39, 0.29) is 11.5 Å². The number of pyridine rings is 1. The van der Waals surface area contributed by atoms with Gasteiger partial charge in [0.2, 0.25) is 0 Å². The first kappa shape index (κ1) is 21.3. The van der Waals surface area contributed by atoms with Crippen LogP contribution in [-0.2, 0) is 16.0 Å². The van der Waals surface area contributed by atoms with Crippen LogP contribution in [0.3, 0.4) is 0 Å². The van der Waals surface area contributed by atoms with Gasteiger partial charge in [0.05, 0.1) is 18.1 Å². The number of esters is 1. The van der Waals surface area contributed by atoms with Crippen molar-refractivity contribution < 1.29 is 19.1 Å². The predicted octanol–water partition coefficient (Wildman–Crippen LogP) is 2.72. The fraction of sp³-hybridized carbons (Fsp3) is 0.217. The van der Waals surface area contributed by atoms with E-state index in [4.69, 9.17) is 4.74 Å². The maximum Gasteiger partial charge on any atom is 0.337 e. The number of carbonyl (C=O) groups excluding carboxylic acids is 2. The highest BCUT2D eigenvalue weighted by Crippen LogP contribution is 2.19. The third kappa shape index (κ3) is 3.97. The van der Waals surface area contributed by atoms with Crippen molar-refractivity contribution in [2.45, 2.75) is 13.0 Å². The molecule has 1 amide bonds. The number of rotatable bonds is 7. The van der Waals surface area contributed by atoms with E-state index < -0.39 is 5.97 Å². The van der Waals surface area contributed by atoms with E-state index in [9.17, 15) is 14.4 Å². The SMILES string of the molecule is COCCCn1c(C(=O)Nc2ccc(C(=O)OC)cc2)cc2c(=O)n3ccccc3nc21. The molecule has 0 radical (unpaired) electrons. The second-order valence-corrected chi connectivity index (χ2v) is 7.13. The molecule has 4 rings (SSSR count). The van der Waals surface area contributed by atoms with E-state index in [1.165, 1.54) is 11.5 Å². The minimum Gasteiger partial charge on any atom is -0.465 e. The van der Waals surface area contributed by atoms with Gasteiger partial charge in [0.1, 0.15) is 17.0 Å². The number of benzene rings is 1. The van der Waals surface area contributed by atoms with Crippen LogP contribution in [0.2, 0.25) is 0 Å². The molecule has 1 aromatic carbocycles. The minimum atomic E-state index is -0.459. The molecule has 0 spiro atoms. The molecule has 0 aliphatic heterocycles. The Bertz CT molecular complexity index is 1350. The van der Waals surface area contributed by atoms with E-state index >= 15 is 0 Å². The number of carbonyl (C=O) groups is 2. The number of aromatic nitrogens is 3. The van der Waals surface area contributed by atoms with Gasteiger partial charge < -0.3 is 19.4 Å². The molecule has 0 aliphatic carbocycles. The van der Waals surface area contributed by atoms with Gasteiger partial charge in [-0.3, -0.25) is 14.0 Å². The van der Waals surface area contributed by atoms with Crippen LogP contribution in [0.5, 0.6) is 0 Å². The summed E-state index contributed by atoms with van der Waals surface area (Å²) < 4.78 is 13.0. The highest BCUT2D eigenvalue weighted by Gasteiger charge is 2.20. The molecule has 9 nitrogen and oxygen atoms in total. The van der Waals surface area contributed by atoms with Crippen molar-refractivity contribution in [3.63, 3.8) is 0 Å². The Kier molecular flexibility index (Phi) is 6.00. The quantitative estimate of drug-likeness (QED) is 0.354. The van der Waals surface area contributed by atoms with E-state index in [2.05, 4.69) is 15.0 Å². The molecule has 3 aromatic heterocycles. The molecule has 0 saturated heterocycles. The Morgan fingerprint density at radius 2 is 1.88 bits per heavy atom. The smallest absolute Gasteiger partial charge is 0.337 e. The number of fused-ring (bicyclic) bond motifs is 2. The molecule has 0 unspecified atom stereocenters. The van der Waals surface area contributed by atoms with Gasteiger partial charge in [0.15, 0.2) is 0 Å². The van der Waals surface area contributed by atoms with Crippen molar-refractivity contribution in [3.8, 4) is 0 Å². The lowest BCUT2D eigenvalue weighted by Gasteiger charge is -2.11. The molecule has 3 heterocycles. The molecule has 9 heteroatoms. The second kappa shape index (κ2) is 9.03. The molecule has 164 valence electrons. The highest BCUT2D eigenvalue weighted by atomic mass is 16.5. The summed E-state index contributed by atoms with van der Waals surface area (Å²) in [6, 6.07) is 13.2. The summed E-state index contributed by atoms with van der Waals surface area (Å²) in [5.74, 6) is -0.848. The molecule has 1 N–H and O–H groups in total. The van der Waals surface area contributed by atoms with Gasteiger partial charge in [-0.05, 0) is 48.9 Å². The predicted molar refractivity (Wildman–Crippen MR) is 119 cm³/mol. The van der Waals surface area contributed by atoms with Gasteiger partial charge in [0.25, 0.3) is 11.5 Å². The van der Waals surface area contributed by atoms with Crippen LogP contribution in [-0.4, -0.2) is 46.7 Å². The Morgan fingerprint density at radius 1 is 1.09 bits per heavy atom. The topological polar surface area (TPSA) is 104 Å². The largest absolute Gasteiger partial charge is 0.465 e. The minimum absolute atomic E-state index is 0.243.